The minimum Gasteiger partial charge on any atom is -0.493 e. The van der Waals surface area contributed by atoms with Crippen LogP contribution in [0.4, 0.5) is 13.2 Å². The van der Waals surface area contributed by atoms with Crippen LogP contribution in [0.5, 0.6) is 5.75 Å². The number of aliphatic hydroxyl groups excluding tert-OH is 1. The number of ether oxygens (including phenoxy) is 1. The van der Waals surface area contributed by atoms with Crippen LogP contribution in [-0.2, 0) is 12.6 Å². The van der Waals surface area contributed by atoms with Gasteiger partial charge in [-0.2, -0.15) is 13.2 Å². The molecule has 0 aliphatic carbocycles. The van der Waals surface area contributed by atoms with E-state index < -0.39 is 34.9 Å². The Hall–Kier alpha value is -3.32. The van der Waals surface area contributed by atoms with Gasteiger partial charge in [-0.1, -0.05) is 48.5 Å². The average molecular weight is 428 g/mol. The number of carboxylic acids is 1. The lowest BCUT2D eigenvalue weighted by Crippen LogP contribution is -2.27. The lowest BCUT2D eigenvalue weighted by molar-refractivity contribution is -0.137. The van der Waals surface area contributed by atoms with Crippen molar-refractivity contribution in [3.05, 3.63) is 89.0 Å². The molecule has 0 fully saturated rings. The fourth-order valence-corrected chi connectivity index (χ4v) is 3.97. The average Bonchev–Trinajstić information content (AvgIpc) is 2.75. The van der Waals surface area contributed by atoms with Gasteiger partial charge in [-0.15, -0.1) is 0 Å². The van der Waals surface area contributed by atoms with Crippen molar-refractivity contribution in [3.8, 4) is 16.9 Å². The second-order valence-corrected chi connectivity index (χ2v) is 7.49. The van der Waals surface area contributed by atoms with Crippen molar-refractivity contribution in [1.82, 2.24) is 0 Å². The van der Waals surface area contributed by atoms with Crippen LogP contribution >= 0.6 is 0 Å². The summed E-state index contributed by atoms with van der Waals surface area (Å²) in [6, 6.07) is 17.0. The smallest absolute Gasteiger partial charge is 0.417 e. The highest BCUT2D eigenvalue weighted by Crippen LogP contribution is 2.43. The molecule has 0 radical (unpaired) electrons. The van der Waals surface area contributed by atoms with Crippen LogP contribution in [0.25, 0.3) is 11.1 Å². The molecule has 0 amide bonds. The normalized spacial score (nSPS) is 18.2. The fraction of sp³-hybridized carbons (Fsp3) is 0.208. The van der Waals surface area contributed by atoms with E-state index in [1.54, 1.807) is 0 Å². The van der Waals surface area contributed by atoms with Gasteiger partial charge in [-0.25, -0.2) is 4.79 Å². The van der Waals surface area contributed by atoms with Gasteiger partial charge < -0.3 is 14.9 Å². The third kappa shape index (κ3) is 4.14. The quantitative estimate of drug-likeness (QED) is 0.588. The van der Waals surface area contributed by atoms with Gasteiger partial charge in [0.25, 0.3) is 0 Å². The lowest BCUT2D eigenvalue weighted by Gasteiger charge is -2.31. The minimum atomic E-state index is -4.72. The number of hydrogen-bond acceptors (Lipinski definition) is 3. The van der Waals surface area contributed by atoms with Gasteiger partial charge in [-0.3, -0.25) is 0 Å². The predicted molar refractivity (Wildman–Crippen MR) is 108 cm³/mol. The summed E-state index contributed by atoms with van der Waals surface area (Å²) in [5.41, 5.74) is -0.330. The first-order chi connectivity index (χ1) is 14.8. The van der Waals surface area contributed by atoms with E-state index in [4.69, 9.17) is 4.74 Å². The van der Waals surface area contributed by atoms with Crippen LogP contribution in [-0.4, -0.2) is 22.8 Å². The lowest BCUT2D eigenvalue weighted by atomic mass is 9.86. The Morgan fingerprint density at radius 1 is 1.03 bits per heavy atom. The fourth-order valence-electron chi connectivity index (χ4n) is 3.97. The van der Waals surface area contributed by atoms with Crippen molar-refractivity contribution in [3.63, 3.8) is 0 Å². The molecular weight excluding hydrogens is 409 g/mol. The summed E-state index contributed by atoms with van der Waals surface area (Å²) in [6.07, 6.45) is -4.99. The standard InChI is InChI=1S/C24H19F3O4/c25-24(26,27)19-8-4-7-18(23(29)30)21(19)15-9-10-17-20(12-15)31-13-16(22(17)28)11-14-5-2-1-3-6-14/h1-10,12,16,22,28H,11,13H2,(H,29,30). The predicted octanol–water partition coefficient (Wildman–Crippen LogP) is 5.36. The molecule has 160 valence electrons. The zero-order valence-electron chi connectivity index (χ0n) is 16.3. The maximum Gasteiger partial charge on any atom is 0.417 e. The molecule has 0 spiro atoms. The molecule has 3 aromatic carbocycles. The van der Waals surface area contributed by atoms with E-state index in [9.17, 15) is 28.2 Å². The number of halogens is 3. The number of aliphatic hydroxyl groups is 1. The first-order valence-electron chi connectivity index (χ1n) is 9.68. The van der Waals surface area contributed by atoms with E-state index in [0.29, 0.717) is 12.0 Å². The third-order valence-electron chi connectivity index (χ3n) is 5.46. The van der Waals surface area contributed by atoms with Crippen molar-refractivity contribution in [2.24, 2.45) is 5.92 Å². The molecule has 2 N–H and O–H groups in total. The number of aromatic carboxylic acids is 1. The number of carbonyl (C=O) groups is 1. The van der Waals surface area contributed by atoms with Crippen LogP contribution in [0.15, 0.2) is 66.7 Å². The molecule has 0 bridgehead atoms. The van der Waals surface area contributed by atoms with Crippen molar-refractivity contribution < 1.29 is 32.9 Å². The Bertz CT molecular complexity index is 1110. The zero-order chi connectivity index (χ0) is 22.2. The molecular formula is C24H19F3O4. The van der Waals surface area contributed by atoms with Crippen LogP contribution in [0.3, 0.4) is 0 Å². The highest BCUT2D eigenvalue weighted by Gasteiger charge is 2.36. The van der Waals surface area contributed by atoms with Gasteiger partial charge in [0.05, 0.1) is 23.8 Å². The summed E-state index contributed by atoms with van der Waals surface area (Å²) >= 11 is 0. The van der Waals surface area contributed by atoms with E-state index in [1.807, 2.05) is 30.3 Å². The Morgan fingerprint density at radius 2 is 1.77 bits per heavy atom. The molecule has 0 aromatic heterocycles. The maximum atomic E-state index is 13.6. The number of carboxylic acid groups (broad SMARTS) is 1. The topological polar surface area (TPSA) is 66.8 Å². The molecule has 3 aromatic rings. The second-order valence-electron chi connectivity index (χ2n) is 7.49. The van der Waals surface area contributed by atoms with Gasteiger partial charge in [0.15, 0.2) is 0 Å². The van der Waals surface area contributed by atoms with Crippen molar-refractivity contribution in [2.45, 2.75) is 18.7 Å². The van der Waals surface area contributed by atoms with E-state index in [1.165, 1.54) is 18.2 Å². The number of benzene rings is 3. The monoisotopic (exact) mass is 428 g/mol. The van der Waals surface area contributed by atoms with Gasteiger partial charge in [-0.05, 0) is 35.7 Å². The van der Waals surface area contributed by atoms with Gasteiger partial charge in [0.2, 0.25) is 0 Å². The van der Waals surface area contributed by atoms with Gasteiger partial charge in [0.1, 0.15) is 5.75 Å². The van der Waals surface area contributed by atoms with Crippen LogP contribution in [0.2, 0.25) is 0 Å². The Morgan fingerprint density at radius 3 is 2.45 bits per heavy atom. The first kappa shape index (κ1) is 20.9. The molecule has 1 aliphatic rings. The maximum absolute atomic E-state index is 13.6. The molecule has 7 heteroatoms. The Kier molecular flexibility index (Phi) is 5.45. The largest absolute Gasteiger partial charge is 0.493 e. The van der Waals surface area contributed by atoms with E-state index in [2.05, 4.69) is 0 Å². The van der Waals surface area contributed by atoms with Crippen LogP contribution in [0.1, 0.15) is 33.2 Å². The summed E-state index contributed by atoms with van der Waals surface area (Å²) in [5, 5.41) is 20.3. The van der Waals surface area contributed by atoms with E-state index in [0.717, 1.165) is 23.8 Å². The van der Waals surface area contributed by atoms with Gasteiger partial charge in [0, 0.05) is 17.0 Å². The molecule has 2 unspecified atom stereocenters. The van der Waals surface area contributed by atoms with Crippen molar-refractivity contribution in [2.75, 3.05) is 6.61 Å². The van der Waals surface area contributed by atoms with Crippen LogP contribution < -0.4 is 4.74 Å². The molecule has 1 heterocycles. The van der Waals surface area contributed by atoms with Crippen molar-refractivity contribution >= 4 is 5.97 Å². The molecule has 4 rings (SSSR count). The number of fused-ring (bicyclic) bond motifs is 1. The highest BCUT2D eigenvalue weighted by atomic mass is 19.4. The second kappa shape index (κ2) is 8.07. The minimum absolute atomic E-state index is 0.0674. The number of rotatable bonds is 4. The summed E-state index contributed by atoms with van der Waals surface area (Å²) in [6.45, 7) is 0.194. The van der Waals surface area contributed by atoms with Crippen molar-refractivity contribution in [1.29, 1.82) is 0 Å². The molecule has 0 saturated carbocycles. The third-order valence-corrected chi connectivity index (χ3v) is 5.46. The van der Waals surface area contributed by atoms with Crippen LogP contribution in [0, 0.1) is 5.92 Å². The Labute approximate surface area is 176 Å². The first-order valence-corrected chi connectivity index (χ1v) is 9.68. The summed E-state index contributed by atoms with van der Waals surface area (Å²) in [5.74, 6) is -1.41. The molecule has 2 atom stereocenters. The molecule has 0 saturated heterocycles. The van der Waals surface area contributed by atoms with E-state index >= 15 is 0 Å². The summed E-state index contributed by atoms with van der Waals surface area (Å²) in [4.78, 5) is 11.6. The zero-order valence-corrected chi connectivity index (χ0v) is 16.3. The molecule has 1 aliphatic heterocycles. The summed E-state index contributed by atoms with van der Waals surface area (Å²) in [7, 11) is 0. The highest BCUT2D eigenvalue weighted by molar-refractivity contribution is 5.97. The summed E-state index contributed by atoms with van der Waals surface area (Å²) < 4.78 is 46.5. The van der Waals surface area contributed by atoms with Gasteiger partial charge >= 0.3 is 12.1 Å². The van der Waals surface area contributed by atoms with E-state index in [-0.39, 0.29) is 23.8 Å². The molecule has 31 heavy (non-hydrogen) atoms. The number of hydrogen-bond donors (Lipinski definition) is 2. The SMILES string of the molecule is O=C(O)c1cccc(C(F)(F)F)c1-c1ccc2c(c1)OCC(Cc1ccccc1)C2O. The number of alkyl halides is 3. The Balaban J connectivity index is 1.72. The molecule has 4 nitrogen and oxygen atoms in total.